The third kappa shape index (κ3) is 3.79. The topological polar surface area (TPSA) is 67.6 Å². The lowest BCUT2D eigenvalue weighted by molar-refractivity contribution is -0.384. The molecule has 0 aromatic heterocycles. The first-order valence-corrected chi connectivity index (χ1v) is 8.15. The number of anilines is 1. The van der Waals surface area contributed by atoms with E-state index in [0.29, 0.717) is 24.2 Å². The molecular formula is C16H22FN3O3. The molecule has 1 aromatic rings. The van der Waals surface area contributed by atoms with E-state index >= 15 is 0 Å². The van der Waals surface area contributed by atoms with Crippen molar-refractivity contribution in [3.8, 4) is 0 Å². The average Bonchev–Trinajstić information content (AvgIpc) is 3.22. The van der Waals surface area contributed by atoms with E-state index in [0.717, 1.165) is 38.8 Å². The minimum absolute atomic E-state index is 0.215. The summed E-state index contributed by atoms with van der Waals surface area (Å²) in [6, 6.07) is 3.95. The number of nitrogens with one attached hydrogen (secondary N) is 1. The Kier molecular flexibility index (Phi) is 5.07. The fourth-order valence-corrected chi connectivity index (χ4v) is 3.54. The molecule has 2 heterocycles. The largest absolute Gasteiger partial charge is 0.381 e. The molecule has 126 valence electrons. The predicted molar refractivity (Wildman–Crippen MR) is 85.1 cm³/mol. The van der Waals surface area contributed by atoms with Gasteiger partial charge in [-0.3, -0.25) is 15.0 Å². The Balaban J connectivity index is 1.72. The molecule has 0 unspecified atom stereocenters. The highest BCUT2D eigenvalue weighted by Crippen LogP contribution is 2.28. The number of hydrogen-bond acceptors (Lipinski definition) is 5. The number of halogens is 1. The van der Waals surface area contributed by atoms with Crippen LogP contribution in [0.25, 0.3) is 0 Å². The molecule has 0 bridgehead atoms. The van der Waals surface area contributed by atoms with Crippen LogP contribution in [0.4, 0.5) is 15.8 Å². The second kappa shape index (κ2) is 7.23. The number of ether oxygens (including phenoxy) is 1. The molecule has 23 heavy (non-hydrogen) atoms. The van der Waals surface area contributed by atoms with Crippen molar-refractivity contribution in [1.82, 2.24) is 4.90 Å². The van der Waals surface area contributed by atoms with Gasteiger partial charge >= 0.3 is 0 Å². The van der Waals surface area contributed by atoms with E-state index in [1.807, 2.05) is 0 Å². The van der Waals surface area contributed by atoms with Crippen LogP contribution in [0.5, 0.6) is 0 Å². The van der Waals surface area contributed by atoms with Crippen LogP contribution in [0.15, 0.2) is 18.2 Å². The zero-order valence-corrected chi connectivity index (χ0v) is 13.0. The van der Waals surface area contributed by atoms with Gasteiger partial charge < -0.3 is 10.1 Å². The molecular weight excluding hydrogens is 301 g/mol. The highest BCUT2D eigenvalue weighted by molar-refractivity contribution is 5.61. The highest BCUT2D eigenvalue weighted by Gasteiger charge is 2.32. The maximum absolute atomic E-state index is 13.2. The zero-order chi connectivity index (χ0) is 16.2. The molecule has 0 spiro atoms. The Morgan fingerprint density at radius 1 is 1.43 bits per heavy atom. The smallest absolute Gasteiger partial charge is 0.295 e. The van der Waals surface area contributed by atoms with E-state index in [-0.39, 0.29) is 5.69 Å². The van der Waals surface area contributed by atoms with E-state index in [2.05, 4.69) is 10.2 Å². The minimum atomic E-state index is -0.595. The molecule has 0 radical (unpaired) electrons. The van der Waals surface area contributed by atoms with Crippen molar-refractivity contribution in [3.05, 3.63) is 34.1 Å². The lowest BCUT2D eigenvalue weighted by Crippen LogP contribution is -2.44. The second-order valence-electron chi connectivity index (χ2n) is 6.23. The van der Waals surface area contributed by atoms with Crippen molar-refractivity contribution in [1.29, 1.82) is 0 Å². The Hall–Kier alpha value is -1.73. The Morgan fingerprint density at radius 2 is 2.22 bits per heavy atom. The van der Waals surface area contributed by atoms with Gasteiger partial charge in [-0.2, -0.15) is 0 Å². The molecule has 0 saturated carbocycles. The van der Waals surface area contributed by atoms with Gasteiger partial charge in [0.05, 0.1) is 17.6 Å². The highest BCUT2D eigenvalue weighted by atomic mass is 19.1. The number of hydrogen-bond donors (Lipinski definition) is 1. The van der Waals surface area contributed by atoms with Crippen LogP contribution in [0.3, 0.4) is 0 Å². The monoisotopic (exact) mass is 323 g/mol. The molecule has 0 amide bonds. The van der Waals surface area contributed by atoms with Gasteiger partial charge in [0, 0.05) is 25.1 Å². The number of likely N-dealkylation sites (tertiary alicyclic amines) is 1. The van der Waals surface area contributed by atoms with Gasteiger partial charge in [0.25, 0.3) is 5.69 Å². The van der Waals surface area contributed by atoms with Crippen LogP contribution in [-0.4, -0.2) is 48.7 Å². The number of nitro benzene ring substituents is 1. The van der Waals surface area contributed by atoms with Crippen LogP contribution in [0, 0.1) is 21.8 Å². The maximum Gasteiger partial charge on any atom is 0.295 e. The van der Waals surface area contributed by atoms with Crippen LogP contribution < -0.4 is 5.32 Å². The van der Waals surface area contributed by atoms with Gasteiger partial charge in [0.15, 0.2) is 0 Å². The van der Waals surface area contributed by atoms with Gasteiger partial charge in [-0.15, -0.1) is 0 Å². The first-order valence-electron chi connectivity index (χ1n) is 8.15. The average molecular weight is 323 g/mol. The molecule has 2 atom stereocenters. The number of nitro groups is 1. The number of benzene rings is 1. The third-order valence-corrected chi connectivity index (χ3v) is 4.78. The van der Waals surface area contributed by atoms with Crippen LogP contribution in [0.1, 0.15) is 19.3 Å². The van der Waals surface area contributed by atoms with Crippen molar-refractivity contribution in [2.45, 2.75) is 25.3 Å². The molecule has 1 aromatic carbocycles. The third-order valence-electron chi connectivity index (χ3n) is 4.78. The molecule has 7 heteroatoms. The number of rotatable bonds is 6. The van der Waals surface area contributed by atoms with E-state index in [9.17, 15) is 14.5 Å². The minimum Gasteiger partial charge on any atom is -0.381 e. The Bertz CT molecular complexity index is 542. The van der Waals surface area contributed by atoms with Gasteiger partial charge in [0.2, 0.25) is 0 Å². The Labute approximate surface area is 134 Å². The first-order chi connectivity index (χ1) is 11.1. The summed E-state index contributed by atoms with van der Waals surface area (Å²) in [7, 11) is 0. The molecule has 6 nitrogen and oxygen atoms in total. The molecule has 2 aliphatic rings. The lowest BCUT2D eigenvalue weighted by atomic mass is 9.97. The summed E-state index contributed by atoms with van der Waals surface area (Å²) >= 11 is 0. The molecule has 2 fully saturated rings. The van der Waals surface area contributed by atoms with E-state index in [1.54, 1.807) is 0 Å². The summed E-state index contributed by atoms with van der Waals surface area (Å²) in [5, 5.41) is 14.3. The van der Waals surface area contributed by atoms with Gasteiger partial charge in [-0.05, 0) is 44.5 Å². The second-order valence-corrected chi connectivity index (χ2v) is 6.23. The summed E-state index contributed by atoms with van der Waals surface area (Å²) in [6.45, 7) is 4.27. The first kappa shape index (κ1) is 16.1. The molecule has 3 rings (SSSR count). The molecule has 2 aliphatic heterocycles. The lowest BCUT2D eigenvalue weighted by Gasteiger charge is -2.32. The van der Waals surface area contributed by atoms with Gasteiger partial charge in [0.1, 0.15) is 11.5 Å². The van der Waals surface area contributed by atoms with Gasteiger partial charge in [-0.25, -0.2) is 4.39 Å². The van der Waals surface area contributed by atoms with E-state index < -0.39 is 10.7 Å². The van der Waals surface area contributed by atoms with E-state index in [4.69, 9.17) is 4.74 Å². The van der Waals surface area contributed by atoms with Crippen molar-refractivity contribution in [3.63, 3.8) is 0 Å². The summed E-state index contributed by atoms with van der Waals surface area (Å²) in [4.78, 5) is 13.0. The molecule has 1 N–H and O–H groups in total. The SMILES string of the molecule is O=[N+]([O-])c1cc(F)ccc1NC[C@H]([C@@H]1CCOC1)N1CCCC1. The molecule has 0 aliphatic carbocycles. The summed E-state index contributed by atoms with van der Waals surface area (Å²) in [5.41, 5.74) is 0.160. The summed E-state index contributed by atoms with van der Waals surface area (Å²) in [6.07, 6.45) is 3.41. The van der Waals surface area contributed by atoms with Crippen LogP contribution in [0.2, 0.25) is 0 Å². The Morgan fingerprint density at radius 3 is 2.87 bits per heavy atom. The van der Waals surface area contributed by atoms with Crippen molar-refractivity contribution in [2.75, 3.05) is 38.2 Å². The standard InChI is InChI=1S/C16H22FN3O3/c17-13-3-4-14(15(9-13)20(21)22)18-10-16(12-5-8-23-11-12)19-6-1-2-7-19/h3-4,9,12,16,18H,1-2,5-8,10-11H2/t12-,16-/m1/s1. The van der Waals surface area contributed by atoms with Crippen LogP contribution in [-0.2, 0) is 4.74 Å². The van der Waals surface area contributed by atoms with Crippen molar-refractivity contribution < 1.29 is 14.1 Å². The summed E-state index contributed by atoms with van der Waals surface area (Å²) in [5.74, 6) is -0.150. The fraction of sp³-hybridized carbons (Fsp3) is 0.625. The quantitative estimate of drug-likeness (QED) is 0.644. The van der Waals surface area contributed by atoms with Crippen molar-refractivity contribution >= 4 is 11.4 Å². The predicted octanol–water partition coefficient (Wildman–Crippen LogP) is 2.65. The molecule has 2 saturated heterocycles. The fourth-order valence-electron chi connectivity index (χ4n) is 3.54. The van der Waals surface area contributed by atoms with E-state index in [1.165, 1.54) is 25.0 Å². The number of nitrogens with zero attached hydrogens (tertiary/aromatic N) is 2. The zero-order valence-electron chi connectivity index (χ0n) is 13.0. The van der Waals surface area contributed by atoms with Crippen LogP contribution >= 0.6 is 0 Å². The summed E-state index contributed by atoms with van der Waals surface area (Å²) < 4.78 is 18.8. The normalized spacial score (nSPS) is 23.1. The van der Waals surface area contributed by atoms with Crippen molar-refractivity contribution in [2.24, 2.45) is 5.92 Å². The van der Waals surface area contributed by atoms with Gasteiger partial charge in [-0.1, -0.05) is 0 Å². The maximum atomic E-state index is 13.2.